The van der Waals surface area contributed by atoms with E-state index in [0.717, 1.165) is 0 Å². The first-order valence-corrected chi connectivity index (χ1v) is 7.25. The molecule has 8 heteroatoms. The second-order valence-corrected chi connectivity index (χ2v) is 5.78. The van der Waals surface area contributed by atoms with Gasteiger partial charge in [-0.1, -0.05) is 12.1 Å². The molecule has 0 spiro atoms. The minimum absolute atomic E-state index is 0.0683. The summed E-state index contributed by atoms with van der Waals surface area (Å²) < 4.78 is 27.9. The Morgan fingerprint density at radius 3 is 2.53 bits per heavy atom. The number of benzene rings is 1. The van der Waals surface area contributed by atoms with E-state index in [0.29, 0.717) is 26.2 Å². The van der Waals surface area contributed by atoms with Crippen molar-refractivity contribution < 1.29 is 18.3 Å². The number of rotatable bonds is 4. The maximum absolute atomic E-state index is 12.1. The fraction of sp³-hybridized carbons (Fsp3) is 0.364. The predicted molar refractivity (Wildman–Crippen MR) is 70.4 cm³/mol. The molecule has 7 nitrogen and oxygen atoms in total. The highest BCUT2D eigenvalue weighted by molar-refractivity contribution is 7.90. The Bertz CT molecular complexity index is 567. The van der Waals surface area contributed by atoms with Gasteiger partial charge in [-0.05, 0) is 12.1 Å². The number of nitrogens with one attached hydrogen (secondary N) is 2. The lowest BCUT2D eigenvalue weighted by atomic mass is 10.2. The van der Waals surface area contributed by atoms with Gasteiger partial charge in [-0.2, -0.15) is 12.7 Å². The molecule has 0 amide bonds. The van der Waals surface area contributed by atoms with Crippen LogP contribution >= 0.6 is 0 Å². The van der Waals surface area contributed by atoms with Crippen molar-refractivity contribution in [1.82, 2.24) is 9.62 Å². The van der Waals surface area contributed by atoms with Crippen LogP contribution in [0.1, 0.15) is 10.4 Å². The van der Waals surface area contributed by atoms with E-state index in [4.69, 9.17) is 5.11 Å². The minimum atomic E-state index is -3.71. The van der Waals surface area contributed by atoms with E-state index in [1.165, 1.54) is 16.4 Å². The lowest BCUT2D eigenvalue weighted by Crippen LogP contribution is -2.48. The van der Waals surface area contributed by atoms with E-state index in [9.17, 15) is 13.2 Å². The number of para-hydroxylation sites is 1. The molecule has 1 aromatic rings. The van der Waals surface area contributed by atoms with Gasteiger partial charge in [-0.3, -0.25) is 4.72 Å². The average Bonchev–Trinajstić information content (AvgIpc) is 2.39. The fourth-order valence-electron chi connectivity index (χ4n) is 1.85. The van der Waals surface area contributed by atoms with Crippen molar-refractivity contribution >= 4 is 21.9 Å². The molecule has 1 aromatic carbocycles. The van der Waals surface area contributed by atoms with Crippen LogP contribution in [0.25, 0.3) is 0 Å². The third-order valence-electron chi connectivity index (χ3n) is 2.81. The molecule has 1 heterocycles. The molecule has 0 bridgehead atoms. The van der Waals surface area contributed by atoms with Crippen molar-refractivity contribution in [3.05, 3.63) is 29.8 Å². The Morgan fingerprint density at radius 1 is 1.26 bits per heavy atom. The fourth-order valence-corrected chi connectivity index (χ4v) is 3.10. The van der Waals surface area contributed by atoms with Gasteiger partial charge in [0, 0.05) is 26.2 Å². The van der Waals surface area contributed by atoms with Gasteiger partial charge in [0.25, 0.3) is 0 Å². The number of anilines is 1. The van der Waals surface area contributed by atoms with Crippen LogP contribution in [-0.2, 0) is 10.2 Å². The van der Waals surface area contributed by atoms with E-state index in [1.54, 1.807) is 12.1 Å². The Hall–Kier alpha value is -1.64. The molecule has 0 atom stereocenters. The third-order valence-corrected chi connectivity index (χ3v) is 4.34. The summed E-state index contributed by atoms with van der Waals surface area (Å²) in [6, 6.07) is 5.93. The van der Waals surface area contributed by atoms with Crippen molar-refractivity contribution in [2.75, 3.05) is 30.9 Å². The minimum Gasteiger partial charge on any atom is -0.478 e. The van der Waals surface area contributed by atoms with Crippen LogP contribution in [0.3, 0.4) is 0 Å². The summed E-state index contributed by atoms with van der Waals surface area (Å²) in [4.78, 5) is 11.0. The molecular formula is C11H15N3O4S. The molecule has 0 aliphatic carbocycles. The largest absolute Gasteiger partial charge is 0.478 e. The quantitative estimate of drug-likeness (QED) is 0.720. The van der Waals surface area contributed by atoms with Gasteiger partial charge in [-0.15, -0.1) is 0 Å². The van der Waals surface area contributed by atoms with Gasteiger partial charge in [0.05, 0.1) is 11.3 Å². The average molecular weight is 285 g/mol. The summed E-state index contributed by atoms with van der Waals surface area (Å²) in [5.41, 5.74) is 0.00902. The smallest absolute Gasteiger partial charge is 0.337 e. The highest BCUT2D eigenvalue weighted by Gasteiger charge is 2.25. The molecule has 3 N–H and O–H groups in total. The van der Waals surface area contributed by atoms with Gasteiger partial charge in [0.2, 0.25) is 0 Å². The SMILES string of the molecule is O=C(O)c1ccccc1NS(=O)(=O)N1CCNCC1. The topological polar surface area (TPSA) is 98.7 Å². The number of piperazine rings is 1. The zero-order valence-corrected chi connectivity index (χ0v) is 11.0. The number of hydrogen-bond acceptors (Lipinski definition) is 4. The maximum atomic E-state index is 12.1. The van der Waals surface area contributed by atoms with Gasteiger partial charge in [0.15, 0.2) is 0 Å². The number of aromatic carboxylic acids is 1. The summed E-state index contributed by atoms with van der Waals surface area (Å²) in [6.45, 7) is 1.90. The Balaban J connectivity index is 2.22. The molecule has 0 unspecified atom stereocenters. The highest BCUT2D eigenvalue weighted by Crippen LogP contribution is 2.18. The van der Waals surface area contributed by atoms with E-state index in [1.807, 2.05) is 0 Å². The summed E-state index contributed by atoms with van der Waals surface area (Å²) >= 11 is 0. The van der Waals surface area contributed by atoms with Gasteiger partial charge >= 0.3 is 16.2 Å². The van der Waals surface area contributed by atoms with Gasteiger partial charge in [-0.25, -0.2) is 4.79 Å². The monoisotopic (exact) mass is 285 g/mol. The van der Waals surface area contributed by atoms with Crippen LogP contribution in [0, 0.1) is 0 Å². The van der Waals surface area contributed by atoms with Gasteiger partial charge in [0.1, 0.15) is 0 Å². The van der Waals surface area contributed by atoms with Crippen molar-refractivity contribution in [1.29, 1.82) is 0 Å². The second kappa shape index (κ2) is 5.55. The number of carboxylic acids is 1. The summed E-state index contributed by atoms with van der Waals surface area (Å²) in [7, 11) is -3.71. The lowest BCUT2D eigenvalue weighted by molar-refractivity contribution is 0.0698. The van der Waals surface area contributed by atoms with Crippen LogP contribution in [0.4, 0.5) is 5.69 Å². The first-order chi connectivity index (χ1) is 9.00. The van der Waals surface area contributed by atoms with Crippen molar-refractivity contribution in [3.8, 4) is 0 Å². The molecule has 104 valence electrons. The Kier molecular flexibility index (Phi) is 4.03. The van der Waals surface area contributed by atoms with E-state index in [-0.39, 0.29) is 11.3 Å². The van der Waals surface area contributed by atoms with E-state index >= 15 is 0 Å². The Labute approximate surface area is 111 Å². The summed E-state index contributed by atoms with van der Waals surface area (Å²) in [5, 5.41) is 12.1. The molecule has 1 saturated heterocycles. The molecule has 0 aromatic heterocycles. The van der Waals surface area contributed by atoms with Crippen LogP contribution in [0.15, 0.2) is 24.3 Å². The Morgan fingerprint density at radius 2 is 1.89 bits per heavy atom. The molecule has 2 rings (SSSR count). The van der Waals surface area contributed by atoms with E-state index in [2.05, 4.69) is 10.0 Å². The number of hydrogen-bond donors (Lipinski definition) is 3. The van der Waals surface area contributed by atoms with Crippen LogP contribution in [0.2, 0.25) is 0 Å². The molecule has 1 fully saturated rings. The zero-order chi connectivity index (χ0) is 13.9. The molecule has 0 radical (unpaired) electrons. The molecule has 0 saturated carbocycles. The molecule has 1 aliphatic heterocycles. The number of carboxylic acid groups (broad SMARTS) is 1. The van der Waals surface area contributed by atoms with Crippen molar-refractivity contribution in [3.63, 3.8) is 0 Å². The third kappa shape index (κ3) is 3.22. The number of carbonyl (C=O) groups is 1. The van der Waals surface area contributed by atoms with Crippen molar-refractivity contribution in [2.24, 2.45) is 0 Å². The number of nitrogens with zero attached hydrogens (tertiary/aromatic N) is 1. The maximum Gasteiger partial charge on any atom is 0.337 e. The van der Waals surface area contributed by atoms with Crippen LogP contribution in [-0.4, -0.2) is 50.0 Å². The zero-order valence-electron chi connectivity index (χ0n) is 10.2. The second-order valence-electron chi connectivity index (χ2n) is 4.11. The summed E-state index contributed by atoms with van der Waals surface area (Å²) in [5.74, 6) is -1.17. The highest BCUT2D eigenvalue weighted by atomic mass is 32.2. The lowest BCUT2D eigenvalue weighted by Gasteiger charge is -2.27. The first-order valence-electron chi connectivity index (χ1n) is 5.81. The van der Waals surface area contributed by atoms with Gasteiger partial charge < -0.3 is 10.4 Å². The molecule has 19 heavy (non-hydrogen) atoms. The standard InChI is InChI=1S/C11H15N3O4S/c15-11(16)9-3-1-2-4-10(9)13-19(17,18)14-7-5-12-6-8-14/h1-4,12-13H,5-8H2,(H,15,16). The first kappa shape index (κ1) is 13.8. The molecular weight excluding hydrogens is 270 g/mol. The normalized spacial score (nSPS) is 17.1. The van der Waals surface area contributed by atoms with Crippen LogP contribution < -0.4 is 10.0 Å². The van der Waals surface area contributed by atoms with Crippen molar-refractivity contribution in [2.45, 2.75) is 0 Å². The van der Waals surface area contributed by atoms with E-state index < -0.39 is 16.2 Å². The van der Waals surface area contributed by atoms with Crippen LogP contribution in [0.5, 0.6) is 0 Å². The summed E-state index contributed by atoms with van der Waals surface area (Å²) in [6.07, 6.45) is 0. The molecule has 1 aliphatic rings. The predicted octanol–water partition coefficient (Wildman–Crippen LogP) is -0.0533.